The summed E-state index contributed by atoms with van der Waals surface area (Å²) < 4.78 is 7.49. The number of imidazole rings is 1. The molecule has 132 valence electrons. The van der Waals surface area contributed by atoms with Gasteiger partial charge in [0.05, 0.1) is 23.9 Å². The van der Waals surface area contributed by atoms with Crippen LogP contribution in [-0.2, 0) is 16.1 Å². The number of alkyl carbamates (subject to hydrolysis) is 1. The van der Waals surface area contributed by atoms with Gasteiger partial charge in [-0.15, -0.1) is 0 Å². The van der Waals surface area contributed by atoms with Crippen molar-refractivity contribution in [3.63, 3.8) is 0 Å². The number of aryl methyl sites for hydroxylation is 1. The minimum absolute atomic E-state index is 0.145. The average molecular weight is 342 g/mol. The molecule has 2 aliphatic rings. The number of ether oxygens (including phenoxy) is 1. The third-order valence-corrected chi connectivity index (χ3v) is 5.21. The standard InChI is InChI=1S/C18H22N4O3/c23-16(6-10-22-13-20-14-4-1-2-5-15(14)22)21-9-3-7-18(8-11-21)12-19-17(24)25-18/h1-2,4-5,13H,3,6-12H2,(H,19,24). The molecule has 1 atom stereocenters. The molecule has 7 heteroatoms. The summed E-state index contributed by atoms with van der Waals surface area (Å²) >= 11 is 0. The molecule has 0 radical (unpaired) electrons. The molecule has 2 fully saturated rings. The average Bonchev–Trinajstić information content (AvgIpc) is 3.12. The van der Waals surface area contributed by atoms with Crippen LogP contribution in [-0.4, -0.2) is 51.7 Å². The van der Waals surface area contributed by atoms with Gasteiger partial charge >= 0.3 is 6.09 Å². The predicted octanol–water partition coefficient (Wildman–Crippen LogP) is 1.92. The first-order chi connectivity index (χ1) is 12.2. The van der Waals surface area contributed by atoms with Crippen LogP contribution in [0.15, 0.2) is 30.6 Å². The molecular weight excluding hydrogens is 320 g/mol. The maximum Gasteiger partial charge on any atom is 0.407 e. The van der Waals surface area contributed by atoms with Crippen molar-refractivity contribution in [3.8, 4) is 0 Å². The van der Waals surface area contributed by atoms with E-state index in [1.807, 2.05) is 33.7 Å². The fourth-order valence-corrected chi connectivity index (χ4v) is 3.76. The summed E-state index contributed by atoms with van der Waals surface area (Å²) in [6, 6.07) is 7.93. The number of nitrogens with one attached hydrogen (secondary N) is 1. The van der Waals surface area contributed by atoms with E-state index in [0.29, 0.717) is 32.5 Å². The molecule has 25 heavy (non-hydrogen) atoms. The van der Waals surface area contributed by atoms with Crippen LogP contribution in [0.4, 0.5) is 4.79 Å². The van der Waals surface area contributed by atoms with Crippen LogP contribution in [0.1, 0.15) is 25.7 Å². The Bertz CT molecular complexity index is 802. The molecule has 2 aromatic rings. The summed E-state index contributed by atoms with van der Waals surface area (Å²) in [6.07, 6.45) is 4.26. The summed E-state index contributed by atoms with van der Waals surface area (Å²) in [5.41, 5.74) is 1.57. The molecule has 1 aromatic heterocycles. The van der Waals surface area contributed by atoms with Crippen molar-refractivity contribution in [2.45, 2.75) is 37.8 Å². The van der Waals surface area contributed by atoms with Crippen molar-refractivity contribution < 1.29 is 14.3 Å². The zero-order valence-electron chi connectivity index (χ0n) is 14.1. The Balaban J connectivity index is 1.36. The van der Waals surface area contributed by atoms with E-state index >= 15 is 0 Å². The molecule has 0 aliphatic carbocycles. The number of hydrogen-bond acceptors (Lipinski definition) is 4. The van der Waals surface area contributed by atoms with Gasteiger partial charge in [-0.3, -0.25) is 4.79 Å². The van der Waals surface area contributed by atoms with Crippen LogP contribution in [0, 0.1) is 0 Å². The van der Waals surface area contributed by atoms with Gasteiger partial charge in [0, 0.05) is 32.5 Å². The highest BCUT2D eigenvalue weighted by atomic mass is 16.6. The molecule has 0 bridgehead atoms. The lowest BCUT2D eigenvalue weighted by atomic mass is 9.95. The van der Waals surface area contributed by atoms with E-state index in [9.17, 15) is 9.59 Å². The van der Waals surface area contributed by atoms with Gasteiger partial charge in [0.25, 0.3) is 0 Å². The van der Waals surface area contributed by atoms with Gasteiger partial charge in [0.2, 0.25) is 5.91 Å². The highest BCUT2D eigenvalue weighted by molar-refractivity contribution is 5.77. The van der Waals surface area contributed by atoms with Crippen molar-refractivity contribution in [2.24, 2.45) is 0 Å². The van der Waals surface area contributed by atoms with Crippen molar-refractivity contribution in [1.29, 1.82) is 0 Å². The number of nitrogens with zero attached hydrogens (tertiary/aromatic N) is 3. The highest BCUT2D eigenvalue weighted by Gasteiger charge is 2.41. The number of carbonyl (C=O) groups excluding carboxylic acids is 2. The molecule has 3 heterocycles. The molecule has 1 aromatic carbocycles. The number of rotatable bonds is 3. The number of fused-ring (bicyclic) bond motifs is 1. The molecule has 1 unspecified atom stereocenters. The van der Waals surface area contributed by atoms with Gasteiger partial charge in [0.15, 0.2) is 0 Å². The normalized spacial score (nSPS) is 23.5. The van der Waals surface area contributed by atoms with Gasteiger partial charge in [-0.1, -0.05) is 12.1 Å². The van der Waals surface area contributed by atoms with Gasteiger partial charge in [-0.25, -0.2) is 9.78 Å². The van der Waals surface area contributed by atoms with Crippen LogP contribution in [0.25, 0.3) is 11.0 Å². The van der Waals surface area contributed by atoms with E-state index in [-0.39, 0.29) is 12.0 Å². The largest absolute Gasteiger partial charge is 0.441 e. The van der Waals surface area contributed by atoms with Crippen molar-refractivity contribution in [2.75, 3.05) is 19.6 Å². The second kappa shape index (κ2) is 6.38. The maximum absolute atomic E-state index is 12.6. The molecule has 4 rings (SSSR count). The Hall–Kier alpha value is -2.57. The van der Waals surface area contributed by atoms with E-state index in [2.05, 4.69) is 10.3 Å². The summed E-state index contributed by atoms with van der Waals surface area (Å²) in [6.45, 7) is 2.54. The quantitative estimate of drug-likeness (QED) is 0.924. The summed E-state index contributed by atoms with van der Waals surface area (Å²) in [5.74, 6) is 0.145. The van der Waals surface area contributed by atoms with Gasteiger partial charge in [0.1, 0.15) is 5.60 Å². The Morgan fingerprint density at radius 2 is 2.16 bits per heavy atom. The number of carbonyl (C=O) groups is 2. The Kier molecular flexibility index (Phi) is 4.07. The zero-order valence-corrected chi connectivity index (χ0v) is 14.1. The van der Waals surface area contributed by atoms with Crippen LogP contribution >= 0.6 is 0 Å². The smallest absolute Gasteiger partial charge is 0.407 e. The molecule has 1 spiro atoms. The highest BCUT2D eigenvalue weighted by Crippen LogP contribution is 2.29. The van der Waals surface area contributed by atoms with E-state index in [0.717, 1.165) is 30.4 Å². The summed E-state index contributed by atoms with van der Waals surface area (Å²) in [4.78, 5) is 30.2. The SMILES string of the molecule is O=C1NCC2(CCCN(C(=O)CCn3cnc4ccccc43)CC2)O1. The number of benzene rings is 1. The molecule has 2 amide bonds. The third-order valence-electron chi connectivity index (χ3n) is 5.21. The fourth-order valence-electron chi connectivity index (χ4n) is 3.76. The Morgan fingerprint density at radius 3 is 3.00 bits per heavy atom. The molecular formula is C18H22N4O3. The molecule has 2 saturated heterocycles. The van der Waals surface area contributed by atoms with Gasteiger partial charge in [-0.05, 0) is 25.0 Å². The lowest BCUT2D eigenvalue weighted by Crippen LogP contribution is -2.36. The van der Waals surface area contributed by atoms with Crippen molar-refractivity contribution >= 4 is 23.0 Å². The Labute approximate surface area is 146 Å². The second-order valence-corrected chi connectivity index (χ2v) is 6.84. The summed E-state index contributed by atoms with van der Waals surface area (Å²) in [7, 11) is 0. The minimum Gasteiger partial charge on any atom is -0.441 e. The van der Waals surface area contributed by atoms with Crippen LogP contribution in [0.3, 0.4) is 0 Å². The van der Waals surface area contributed by atoms with Crippen LogP contribution < -0.4 is 5.32 Å². The monoisotopic (exact) mass is 342 g/mol. The van der Waals surface area contributed by atoms with E-state index in [4.69, 9.17) is 4.74 Å². The molecule has 2 aliphatic heterocycles. The fraction of sp³-hybridized carbons (Fsp3) is 0.500. The first-order valence-electron chi connectivity index (χ1n) is 8.80. The van der Waals surface area contributed by atoms with Crippen LogP contribution in [0.2, 0.25) is 0 Å². The van der Waals surface area contributed by atoms with E-state index in [1.54, 1.807) is 6.33 Å². The molecule has 0 saturated carbocycles. The number of amides is 2. The number of likely N-dealkylation sites (tertiary alicyclic amines) is 1. The predicted molar refractivity (Wildman–Crippen MR) is 92.0 cm³/mol. The topological polar surface area (TPSA) is 76.5 Å². The van der Waals surface area contributed by atoms with Crippen molar-refractivity contribution in [3.05, 3.63) is 30.6 Å². The van der Waals surface area contributed by atoms with Gasteiger partial charge in [-0.2, -0.15) is 0 Å². The van der Waals surface area contributed by atoms with Crippen LogP contribution in [0.5, 0.6) is 0 Å². The zero-order chi connectivity index (χ0) is 17.3. The first kappa shape index (κ1) is 15.9. The first-order valence-corrected chi connectivity index (χ1v) is 8.80. The van der Waals surface area contributed by atoms with E-state index < -0.39 is 5.60 Å². The Morgan fingerprint density at radius 1 is 1.28 bits per heavy atom. The lowest BCUT2D eigenvalue weighted by molar-refractivity contribution is -0.131. The van der Waals surface area contributed by atoms with Gasteiger partial charge < -0.3 is 19.5 Å². The number of aromatic nitrogens is 2. The maximum atomic E-state index is 12.6. The second-order valence-electron chi connectivity index (χ2n) is 6.84. The van der Waals surface area contributed by atoms with Crippen molar-refractivity contribution in [1.82, 2.24) is 19.8 Å². The third kappa shape index (κ3) is 3.18. The van der Waals surface area contributed by atoms with E-state index in [1.165, 1.54) is 0 Å². The minimum atomic E-state index is -0.424. The number of para-hydroxylation sites is 2. The summed E-state index contributed by atoms with van der Waals surface area (Å²) in [5, 5.41) is 2.74. The number of hydrogen-bond donors (Lipinski definition) is 1. The molecule has 1 N–H and O–H groups in total. The molecule has 7 nitrogen and oxygen atoms in total. The lowest BCUT2D eigenvalue weighted by Gasteiger charge is -2.25.